The van der Waals surface area contributed by atoms with Crippen molar-refractivity contribution in [2.45, 2.75) is 55.3 Å². The van der Waals surface area contributed by atoms with Gasteiger partial charge in [0.2, 0.25) is 0 Å². The number of unbranched alkanes of at least 4 members (excludes halogenated alkanes) is 2. The molecule has 0 bridgehead atoms. The second-order valence-electron chi connectivity index (χ2n) is 4.71. The molecule has 0 aliphatic carbocycles. The van der Waals surface area contributed by atoms with Gasteiger partial charge in [-0.2, -0.15) is 0 Å². The molecule has 23 heavy (non-hydrogen) atoms. The summed E-state index contributed by atoms with van der Waals surface area (Å²) in [6.45, 7) is 6.67. The predicted molar refractivity (Wildman–Crippen MR) is 95.5 cm³/mol. The van der Waals surface area contributed by atoms with Gasteiger partial charge in [0.05, 0.1) is 0 Å². The summed E-state index contributed by atoms with van der Waals surface area (Å²) in [6.07, 6.45) is 5.84. The van der Waals surface area contributed by atoms with Gasteiger partial charge in [-0.3, -0.25) is 4.31 Å². The SMILES string of the molecule is CCC[CH2][Sn+2][CH2]CCC.Cc1ccccc1.O=[PH]([O-])O[PH](=O)[O-]. The van der Waals surface area contributed by atoms with Crippen molar-refractivity contribution < 1.29 is 23.2 Å². The molecule has 0 heterocycles. The Balaban J connectivity index is 0. The van der Waals surface area contributed by atoms with E-state index in [1.54, 1.807) is 8.87 Å². The van der Waals surface area contributed by atoms with Crippen molar-refractivity contribution in [3.63, 3.8) is 0 Å². The molecule has 1 aromatic rings. The monoisotopic (exact) mass is 470 g/mol. The van der Waals surface area contributed by atoms with Crippen LogP contribution in [0, 0.1) is 6.92 Å². The predicted octanol–water partition coefficient (Wildman–Crippen LogP) is 3.63. The van der Waals surface area contributed by atoms with Crippen LogP contribution in [0.15, 0.2) is 30.3 Å². The first-order valence-corrected chi connectivity index (χ1v) is 14.2. The zero-order valence-electron chi connectivity index (χ0n) is 14.2. The van der Waals surface area contributed by atoms with Gasteiger partial charge >= 0.3 is 69.5 Å². The van der Waals surface area contributed by atoms with Crippen molar-refractivity contribution in [1.29, 1.82) is 0 Å². The number of aryl methyl sites for hydroxylation is 1. The van der Waals surface area contributed by atoms with Crippen LogP contribution >= 0.6 is 16.5 Å². The Morgan fingerprint density at radius 2 is 1.39 bits per heavy atom. The zero-order valence-corrected chi connectivity index (χ0v) is 19.0. The Hall–Kier alpha value is 0.359. The van der Waals surface area contributed by atoms with Crippen LogP contribution < -0.4 is 9.79 Å². The van der Waals surface area contributed by atoms with Crippen LogP contribution in [0.5, 0.6) is 0 Å². The molecular weight excluding hydrogens is 441 g/mol. The summed E-state index contributed by atoms with van der Waals surface area (Å²) in [7, 11) is -7.03. The summed E-state index contributed by atoms with van der Waals surface area (Å²) in [6, 6.07) is 10.3. The van der Waals surface area contributed by atoms with Crippen LogP contribution in [-0.4, -0.2) is 21.1 Å². The van der Waals surface area contributed by atoms with Crippen molar-refractivity contribution in [1.82, 2.24) is 0 Å². The second kappa shape index (κ2) is 20.4. The molecule has 0 saturated carbocycles. The maximum absolute atomic E-state index is 9.29. The van der Waals surface area contributed by atoms with Crippen molar-refractivity contribution in [3.8, 4) is 0 Å². The van der Waals surface area contributed by atoms with Crippen LogP contribution in [-0.2, 0) is 13.4 Å². The quantitative estimate of drug-likeness (QED) is 0.330. The number of benzene rings is 1. The molecule has 0 fully saturated rings. The normalized spacial score (nSPS) is 11.9. The minimum absolute atomic E-state index is 0.149. The molecular formula is C15H28O5P2Sn. The molecule has 2 unspecified atom stereocenters. The van der Waals surface area contributed by atoms with E-state index in [1.807, 2.05) is 18.2 Å². The molecule has 0 aliphatic heterocycles. The van der Waals surface area contributed by atoms with E-state index in [9.17, 15) is 18.9 Å². The van der Waals surface area contributed by atoms with Crippen LogP contribution in [0.3, 0.4) is 0 Å². The van der Waals surface area contributed by atoms with Gasteiger partial charge in [-0.15, -0.1) is 0 Å². The maximum Gasteiger partial charge on any atom is 0.128 e. The molecule has 0 spiro atoms. The summed E-state index contributed by atoms with van der Waals surface area (Å²) < 4.78 is 25.1. The first kappa shape index (κ1) is 25.6. The van der Waals surface area contributed by atoms with Crippen molar-refractivity contribution >= 4 is 37.7 Å². The van der Waals surface area contributed by atoms with Gasteiger partial charge in [0.25, 0.3) is 0 Å². The van der Waals surface area contributed by atoms with Gasteiger partial charge in [-0.1, -0.05) is 35.9 Å². The molecule has 0 aromatic heterocycles. The van der Waals surface area contributed by atoms with E-state index in [0.717, 1.165) is 0 Å². The second-order valence-corrected chi connectivity index (χ2v) is 10.8. The van der Waals surface area contributed by atoms with Crippen LogP contribution in [0.1, 0.15) is 45.1 Å². The van der Waals surface area contributed by atoms with Crippen LogP contribution in [0.2, 0.25) is 8.87 Å². The Morgan fingerprint density at radius 3 is 1.61 bits per heavy atom. The largest absolute Gasteiger partial charge is 0.781 e. The smallest absolute Gasteiger partial charge is 0.128 e. The molecule has 0 N–H and O–H groups in total. The fraction of sp³-hybridized carbons (Fsp3) is 0.600. The van der Waals surface area contributed by atoms with E-state index in [2.05, 4.69) is 37.2 Å². The van der Waals surface area contributed by atoms with E-state index in [-0.39, 0.29) is 21.1 Å². The first-order chi connectivity index (χ1) is 10.9. The van der Waals surface area contributed by atoms with E-state index in [0.29, 0.717) is 0 Å². The summed E-state index contributed by atoms with van der Waals surface area (Å²) >= 11 is 0.149. The van der Waals surface area contributed by atoms with Crippen molar-refractivity contribution in [2.24, 2.45) is 0 Å². The molecule has 8 heteroatoms. The van der Waals surface area contributed by atoms with Crippen molar-refractivity contribution in [3.05, 3.63) is 35.9 Å². The summed E-state index contributed by atoms with van der Waals surface area (Å²) in [5, 5.41) is 0. The third kappa shape index (κ3) is 27.5. The Bertz CT molecular complexity index is 386. The van der Waals surface area contributed by atoms with Gasteiger partial charge in [-0.05, 0) is 6.92 Å². The van der Waals surface area contributed by atoms with Gasteiger partial charge in [0.1, 0.15) is 16.5 Å². The van der Waals surface area contributed by atoms with Gasteiger partial charge in [0.15, 0.2) is 0 Å². The van der Waals surface area contributed by atoms with Gasteiger partial charge < -0.3 is 18.9 Å². The molecule has 0 amide bonds. The topological polar surface area (TPSA) is 89.5 Å². The van der Waals surface area contributed by atoms with E-state index in [1.165, 1.54) is 31.2 Å². The standard InChI is InChI=1S/C7H8.2C4H9.H4O5P2.Sn/c1-7-5-3-2-4-6-7;2*1-3-4-2;1-6(2)5-7(3)4;/h2-6H,1H3;2*1,3-4H2,2H3;6-7H,(H,1,2)(H,3,4);/q;;;;+2/p-2. The Kier molecular flexibility index (Phi) is 22.7. The first-order valence-electron chi connectivity index (χ1n) is 7.76. The molecule has 5 nitrogen and oxygen atoms in total. The van der Waals surface area contributed by atoms with Crippen LogP contribution in [0.4, 0.5) is 0 Å². The van der Waals surface area contributed by atoms with E-state index >= 15 is 0 Å². The maximum atomic E-state index is 9.29. The number of hydrogen-bond acceptors (Lipinski definition) is 5. The molecule has 2 atom stereocenters. The fourth-order valence-electron chi connectivity index (χ4n) is 1.33. The third-order valence-corrected chi connectivity index (χ3v) is 7.89. The average Bonchev–Trinajstić information content (AvgIpc) is 2.48. The Morgan fingerprint density at radius 1 is 0.957 bits per heavy atom. The van der Waals surface area contributed by atoms with Gasteiger partial charge in [-0.25, -0.2) is 0 Å². The summed E-state index contributed by atoms with van der Waals surface area (Å²) in [5.74, 6) is 0. The molecule has 0 saturated heterocycles. The molecule has 0 aliphatic rings. The van der Waals surface area contributed by atoms with Crippen LogP contribution in [0.25, 0.3) is 0 Å². The van der Waals surface area contributed by atoms with E-state index in [4.69, 9.17) is 0 Å². The number of rotatable bonds is 8. The minimum Gasteiger partial charge on any atom is -0.781 e. The zero-order chi connectivity index (χ0) is 17.9. The molecule has 132 valence electrons. The number of hydrogen-bond donors (Lipinski definition) is 0. The van der Waals surface area contributed by atoms with Crippen molar-refractivity contribution in [2.75, 3.05) is 0 Å². The van der Waals surface area contributed by atoms with Gasteiger partial charge in [0, 0.05) is 0 Å². The molecule has 0 radical (unpaired) electrons. The molecule has 1 aromatic carbocycles. The Labute approximate surface area is 152 Å². The minimum atomic E-state index is -3.51. The fourth-order valence-corrected chi connectivity index (χ4v) is 6.03. The summed E-state index contributed by atoms with van der Waals surface area (Å²) in [5.41, 5.74) is 1.32. The summed E-state index contributed by atoms with van der Waals surface area (Å²) in [4.78, 5) is 18.6. The third-order valence-electron chi connectivity index (χ3n) is 2.52. The average molecular weight is 469 g/mol. The molecule has 1 rings (SSSR count). The van der Waals surface area contributed by atoms with E-state index < -0.39 is 16.5 Å².